The van der Waals surface area contributed by atoms with Gasteiger partial charge in [0.25, 0.3) is 22.0 Å². The third-order valence-electron chi connectivity index (χ3n) is 8.06. The van der Waals surface area contributed by atoms with Gasteiger partial charge in [0.05, 0.1) is 18.6 Å². The molecule has 0 radical (unpaired) electrons. The van der Waals surface area contributed by atoms with Gasteiger partial charge in [-0.15, -0.1) is 0 Å². The van der Waals surface area contributed by atoms with Gasteiger partial charge in [-0.1, -0.05) is 85.1 Å². The van der Waals surface area contributed by atoms with E-state index in [0.717, 1.165) is 35.1 Å². The van der Waals surface area contributed by atoms with Crippen molar-refractivity contribution in [3.8, 4) is 0 Å². The van der Waals surface area contributed by atoms with Crippen LogP contribution < -0.4 is 15.3 Å². The zero-order valence-electron chi connectivity index (χ0n) is 23.2. The van der Waals surface area contributed by atoms with Crippen LogP contribution in [0.15, 0.2) is 72.8 Å². The molecule has 1 saturated carbocycles. The van der Waals surface area contributed by atoms with Crippen LogP contribution >= 0.6 is 0 Å². The molecule has 3 aromatic rings. The van der Waals surface area contributed by atoms with Crippen molar-refractivity contribution >= 4 is 22.0 Å². The van der Waals surface area contributed by atoms with Gasteiger partial charge in [0.1, 0.15) is 0 Å². The van der Waals surface area contributed by atoms with Crippen molar-refractivity contribution in [3.63, 3.8) is 0 Å². The van der Waals surface area contributed by atoms with E-state index in [9.17, 15) is 18.0 Å². The normalized spacial score (nSPS) is 22.7. The first-order valence-corrected chi connectivity index (χ1v) is 15.4. The van der Waals surface area contributed by atoms with Gasteiger partial charge >= 0.3 is 0 Å². The van der Waals surface area contributed by atoms with Crippen molar-refractivity contribution in [3.05, 3.63) is 106 Å². The SMILES string of the molecule is Cc1ccc([C@H]2[C@H](C(=O)NOCc3ccccc3)c3ccccc3C(=O)N2[C@H]2CCCC[C@@H]2NS(N)(=O)=O)c(C)c1. The average molecular weight is 577 g/mol. The first kappa shape index (κ1) is 28.9. The Morgan fingerprint density at radius 2 is 1.68 bits per heavy atom. The number of hydrogen-bond donors (Lipinski definition) is 3. The van der Waals surface area contributed by atoms with Crippen molar-refractivity contribution in [1.82, 2.24) is 15.1 Å². The largest absolute Gasteiger partial charge is 0.326 e. The topological polar surface area (TPSA) is 131 Å². The number of hydroxylamine groups is 1. The third kappa shape index (κ3) is 6.36. The molecule has 41 heavy (non-hydrogen) atoms. The van der Waals surface area contributed by atoms with E-state index in [0.29, 0.717) is 24.0 Å². The van der Waals surface area contributed by atoms with Crippen LogP contribution in [0.25, 0.3) is 0 Å². The van der Waals surface area contributed by atoms with Gasteiger partial charge in [-0.05, 0) is 55.0 Å². The average Bonchev–Trinajstić information content (AvgIpc) is 2.93. The molecule has 10 heteroatoms. The molecular formula is C31H36N4O5S. The quantitative estimate of drug-likeness (QED) is 0.350. The minimum Gasteiger partial charge on any atom is -0.326 e. The minimum atomic E-state index is -4.02. The summed E-state index contributed by atoms with van der Waals surface area (Å²) in [6.45, 7) is 4.14. The van der Waals surface area contributed by atoms with Crippen LogP contribution in [0.5, 0.6) is 0 Å². The van der Waals surface area contributed by atoms with Crippen LogP contribution in [0.1, 0.15) is 75.8 Å². The summed E-state index contributed by atoms with van der Waals surface area (Å²) in [6, 6.07) is 20.8. The van der Waals surface area contributed by atoms with Crippen molar-refractivity contribution in [2.75, 3.05) is 0 Å². The highest BCUT2D eigenvalue weighted by molar-refractivity contribution is 7.87. The Labute approximate surface area is 241 Å². The second-order valence-electron chi connectivity index (χ2n) is 10.9. The molecule has 216 valence electrons. The predicted octanol–water partition coefficient (Wildman–Crippen LogP) is 3.94. The smallest absolute Gasteiger partial charge is 0.274 e. The Balaban J connectivity index is 1.60. The molecule has 1 fully saturated rings. The molecule has 0 bridgehead atoms. The zero-order valence-corrected chi connectivity index (χ0v) is 24.1. The highest BCUT2D eigenvalue weighted by Gasteiger charge is 2.49. The summed E-state index contributed by atoms with van der Waals surface area (Å²) < 4.78 is 26.9. The summed E-state index contributed by atoms with van der Waals surface area (Å²) in [5.41, 5.74) is 7.38. The number of amides is 2. The van der Waals surface area contributed by atoms with E-state index in [-0.39, 0.29) is 18.4 Å². The highest BCUT2D eigenvalue weighted by atomic mass is 32.2. The lowest BCUT2D eigenvalue weighted by atomic mass is 9.75. The van der Waals surface area contributed by atoms with Crippen LogP contribution in [0, 0.1) is 13.8 Å². The van der Waals surface area contributed by atoms with E-state index in [4.69, 9.17) is 9.98 Å². The molecule has 1 aliphatic heterocycles. The molecule has 0 spiro atoms. The lowest BCUT2D eigenvalue weighted by Crippen LogP contribution is -2.59. The summed E-state index contributed by atoms with van der Waals surface area (Å²) >= 11 is 0. The van der Waals surface area contributed by atoms with Gasteiger partial charge in [-0.3, -0.25) is 14.4 Å². The van der Waals surface area contributed by atoms with Crippen molar-refractivity contribution in [1.29, 1.82) is 0 Å². The molecule has 2 aliphatic rings. The lowest BCUT2D eigenvalue weighted by molar-refractivity contribution is -0.138. The molecule has 9 nitrogen and oxygen atoms in total. The molecule has 1 aliphatic carbocycles. The molecule has 4 atom stereocenters. The summed E-state index contributed by atoms with van der Waals surface area (Å²) in [7, 11) is -4.02. The van der Waals surface area contributed by atoms with Crippen molar-refractivity contribution in [2.45, 2.75) is 70.2 Å². The van der Waals surface area contributed by atoms with E-state index >= 15 is 0 Å². The maximum atomic E-state index is 14.3. The molecule has 2 amide bonds. The number of nitrogens with zero attached hydrogens (tertiary/aromatic N) is 1. The lowest BCUT2D eigenvalue weighted by Gasteiger charge is -2.49. The molecule has 5 rings (SSSR count). The number of hydrogen-bond acceptors (Lipinski definition) is 5. The number of rotatable bonds is 8. The number of carbonyl (C=O) groups excluding carboxylic acids is 2. The fraction of sp³-hybridized carbons (Fsp3) is 0.355. The van der Waals surface area contributed by atoms with Gasteiger partial charge in [0.2, 0.25) is 0 Å². The van der Waals surface area contributed by atoms with Crippen LogP contribution in [0.4, 0.5) is 0 Å². The van der Waals surface area contributed by atoms with Crippen LogP contribution in [-0.4, -0.2) is 37.2 Å². The van der Waals surface area contributed by atoms with Gasteiger partial charge in [-0.25, -0.2) is 10.6 Å². The van der Waals surface area contributed by atoms with Crippen molar-refractivity contribution in [2.24, 2.45) is 5.14 Å². The molecule has 0 unspecified atom stereocenters. The van der Waals surface area contributed by atoms with Gasteiger partial charge in [0.15, 0.2) is 0 Å². The first-order chi connectivity index (χ1) is 19.6. The Bertz CT molecular complexity index is 1530. The van der Waals surface area contributed by atoms with E-state index in [1.165, 1.54) is 0 Å². The van der Waals surface area contributed by atoms with Gasteiger partial charge in [-0.2, -0.15) is 13.1 Å². The minimum absolute atomic E-state index is 0.181. The molecular weight excluding hydrogens is 540 g/mol. The zero-order chi connectivity index (χ0) is 29.1. The molecule has 0 aromatic heterocycles. The fourth-order valence-electron chi connectivity index (χ4n) is 6.31. The molecule has 1 heterocycles. The predicted molar refractivity (Wildman–Crippen MR) is 156 cm³/mol. The van der Waals surface area contributed by atoms with Crippen LogP contribution in [-0.2, 0) is 26.4 Å². The fourth-order valence-corrected chi connectivity index (χ4v) is 7.01. The van der Waals surface area contributed by atoms with Crippen molar-refractivity contribution < 1.29 is 22.8 Å². The summed E-state index contributed by atoms with van der Waals surface area (Å²) in [5, 5.41) is 5.41. The van der Waals surface area contributed by atoms with E-state index in [2.05, 4.69) is 10.2 Å². The second kappa shape index (κ2) is 12.1. The Hall–Kier alpha value is -3.57. The number of fused-ring (bicyclic) bond motifs is 1. The van der Waals surface area contributed by atoms with Crippen LogP contribution in [0.2, 0.25) is 0 Å². The van der Waals surface area contributed by atoms with E-state index < -0.39 is 34.3 Å². The molecule has 0 saturated heterocycles. The maximum Gasteiger partial charge on any atom is 0.274 e. The third-order valence-corrected chi connectivity index (χ3v) is 8.69. The van der Waals surface area contributed by atoms with Gasteiger partial charge in [0, 0.05) is 17.6 Å². The molecule has 3 aromatic carbocycles. The Morgan fingerprint density at radius 3 is 2.41 bits per heavy atom. The second-order valence-corrected chi connectivity index (χ2v) is 12.3. The standard InChI is InChI=1S/C31H36N4O5S/c1-20-16-17-23(21(2)18-20)29-28(30(36)33-40-19-22-10-4-3-5-11-22)24-12-6-7-13-25(24)31(37)35(29)27-15-9-8-14-26(27)34-41(32,38)39/h3-7,10-13,16-18,26-29,34H,8-9,14-15,19H2,1-2H3,(H,33,36)(H2,32,38,39)/t26-,27-,28+,29-/m0/s1. The number of benzene rings is 3. The Morgan fingerprint density at radius 1 is 0.976 bits per heavy atom. The number of aryl methyl sites for hydroxylation is 2. The van der Waals surface area contributed by atoms with E-state index in [1.807, 2.05) is 74.5 Å². The summed E-state index contributed by atoms with van der Waals surface area (Å²) in [6.07, 6.45) is 2.72. The number of nitrogens with one attached hydrogen (secondary N) is 2. The summed E-state index contributed by atoms with van der Waals surface area (Å²) in [5.74, 6) is -1.44. The maximum absolute atomic E-state index is 14.3. The Kier molecular flexibility index (Phi) is 8.55. The van der Waals surface area contributed by atoms with E-state index in [1.54, 1.807) is 17.0 Å². The van der Waals surface area contributed by atoms with Gasteiger partial charge < -0.3 is 4.90 Å². The monoisotopic (exact) mass is 576 g/mol. The number of carbonyl (C=O) groups is 2. The van der Waals surface area contributed by atoms with Crippen LogP contribution in [0.3, 0.4) is 0 Å². The highest BCUT2D eigenvalue weighted by Crippen LogP contribution is 2.46. The molecule has 4 N–H and O–H groups in total. The summed E-state index contributed by atoms with van der Waals surface area (Å²) in [4.78, 5) is 35.8. The first-order valence-electron chi connectivity index (χ1n) is 13.9. The number of nitrogens with two attached hydrogens (primary N) is 1.